The van der Waals surface area contributed by atoms with Crippen LogP contribution < -0.4 is 5.32 Å². The molecule has 0 atom stereocenters. The summed E-state index contributed by atoms with van der Waals surface area (Å²) in [5.41, 5.74) is 0. The van der Waals surface area contributed by atoms with Crippen molar-refractivity contribution in [3.63, 3.8) is 0 Å². The van der Waals surface area contributed by atoms with Crippen LogP contribution in [-0.4, -0.2) is 49.0 Å². The van der Waals surface area contributed by atoms with Crippen molar-refractivity contribution >= 4 is 33.3 Å². The number of carbonyl (C=O) groups is 2. The monoisotopic (exact) mass is 464 g/mol. The van der Waals surface area contributed by atoms with Crippen LogP contribution in [0.1, 0.15) is 49.1 Å². The molecule has 2 aliphatic rings. The topological polar surface area (TPSA) is 96.7 Å². The minimum atomic E-state index is -3.87. The summed E-state index contributed by atoms with van der Waals surface area (Å²) in [7, 11) is -3.87. The number of benzene rings is 1. The van der Waals surface area contributed by atoms with Gasteiger partial charge in [-0.05, 0) is 62.1 Å². The Morgan fingerprint density at radius 3 is 2.29 bits per heavy atom. The van der Waals surface area contributed by atoms with Gasteiger partial charge in [-0.3, -0.25) is 9.59 Å². The van der Waals surface area contributed by atoms with Crippen molar-refractivity contribution in [3.8, 4) is 0 Å². The number of hydrogen-bond donors (Lipinski definition) is 1. The number of sulfone groups is 1. The lowest BCUT2D eigenvalue weighted by molar-refractivity contribution is -0.124. The molecule has 2 heterocycles. The van der Waals surface area contributed by atoms with E-state index in [9.17, 15) is 18.0 Å². The normalized spacial score (nSPS) is 19.3. The Balaban J connectivity index is 1.45. The third kappa shape index (κ3) is 4.11. The van der Waals surface area contributed by atoms with E-state index >= 15 is 0 Å². The molecule has 4 rings (SSSR count). The van der Waals surface area contributed by atoms with Gasteiger partial charge in [0.05, 0.1) is 11.2 Å². The van der Waals surface area contributed by atoms with Gasteiger partial charge in [0.1, 0.15) is 0 Å². The SMILES string of the molecule is O=C(c1ccco1)N1CCC(NC(=O)C2(S(=O)(=O)c3ccc(Cl)cc3)CCCC2)CC1. The fourth-order valence-electron chi connectivity index (χ4n) is 4.50. The molecule has 1 aliphatic carbocycles. The van der Waals surface area contributed by atoms with E-state index in [4.69, 9.17) is 16.0 Å². The summed E-state index contributed by atoms with van der Waals surface area (Å²) in [5.74, 6) is -0.315. The Kier molecular flexibility index (Phi) is 6.12. The average Bonchev–Trinajstić information content (AvgIpc) is 3.47. The minimum absolute atomic E-state index is 0.118. The molecule has 1 aliphatic heterocycles. The molecule has 1 aromatic carbocycles. The van der Waals surface area contributed by atoms with E-state index in [-0.39, 0.29) is 16.8 Å². The highest BCUT2D eigenvalue weighted by Gasteiger charge is 2.53. The van der Waals surface area contributed by atoms with E-state index in [1.54, 1.807) is 17.0 Å². The Labute approximate surface area is 186 Å². The number of halogens is 1. The summed E-state index contributed by atoms with van der Waals surface area (Å²) >= 11 is 5.91. The zero-order valence-corrected chi connectivity index (χ0v) is 18.6. The summed E-state index contributed by atoms with van der Waals surface area (Å²) in [6.45, 7) is 0.947. The fourth-order valence-corrected chi connectivity index (χ4v) is 6.70. The minimum Gasteiger partial charge on any atom is -0.459 e. The highest BCUT2D eigenvalue weighted by atomic mass is 35.5. The first-order valence-electron chi connectivity index (χ1n) is 10.5. The van der Waals surface area contributed by atoms with Crippen LogP contribution in [0.15, 0.2) is 52.0 Å². The van der Waals surface area contributed by atoms with Crippen LogP contribution in [-0.2, 0) is 14.6 Å². The zero-order valence-electron chi connectivity index (χ0n) is 17.1. The summed E-state index contributed by atoms with van der Waals surface area (Å²) in [4.78, 5) is 27.5. The Morgan fingerprint density at radius 1 is 1.06 bits per heavy atom. The first kappa shape index (κ1) is 21.9. The lowest BCUT2D eigenvalue weighted by atomic mass is 10.0. The van der Waals surface area contributed by atoms with Crippen LogP contribution in [0, 0.1) is 0 Å². The second kappa shape index (κ2) is 8.67. The van der Waals surface area contributed by atoms with Gasteiger partial charge >= 0.3 is 0 Å². The summed E-state index contributed by atoms with van der Waals surface area (Å²) in [5, 5.41) is 3.42. The van der Waals surface area contributed by atoms with Crippen LogP contribution in [0.2, 0.25) is 5.02 Å². The Morgan fingerprint density at radius 2 is 1.71 bits per heavy atom. The van der Waals surface area contributed by atoms with Crippen LogP contribution in [0.25, 0.3) is 0 Å². The van der Waals surface area contributed by atoms with Gasteiger partial charge in [0.2, 0.25) is 5.91 Å². The van der Waals surface area contributed by atoms with E-state index in [1.807, 2.05) is 0 Å². The van der Waals surface area contributed by atoms with Gasteiger partial charge in [-0.15, -0.1) is 0 Å². The summed E-state index contributed by atoms with van der Waals surface area (Å²) < 4.78 is 30.6. The molecule has 0 radical (unpaired) electrons. The average molecular weight is 465 g/mol. The van der Waals surface area contributed by atoms with Gasteiger partial charge in [0.25, 0.3) is 5.91 Å². The Hall–Kier alpha value is -2.32. The number of hydrogen-bond acceptors (Lipinski definition) is 5. The number of furan rings is 1. The lowest BCUT2D eigenvalue weighted by Gasteiger charge is -2.35. The molecule has 1 aromatic heterocycles. The number of amides is 2. The molecule has 7 nitrogen and oxygen atoms in total. The molecular formula is C22H25ClN2O5S. The molecule has 1 saturated heterocycles. The van der Waals surface area contributed by atoms with Crippen LogP contribution in [0.5, 0.6) is 0 Å². The third-order valence-corrected chi connectivity index (χ3v) is 9.08. The van der Waals surface area contributed by atoms with Crippen molar-refractivity contribution in [1.29, 1.82) is 0 Å². The van der Waals surface area contributed by atoms with Gasteiger partial charge in [-0.2, -0.15) is 0 Å². The van der Waals surface area contributed by atoms with Crippen molar-refractivity contribution in [2.24, 2.45) is 0 Å². The lowest BCUT2D eigenvalue weighted by Crippen LogP contribution is -2.55. The summed E-state index contributed by atoms with van der Waals surface area (Å²) in [6.07, 6.45) is 4.58. The molecule has 1 saturated carbocycles. The van der Waals surface area contributed by atoms with Gasteiger partial charge in [-0.1, -0.05) is 24.4 Å². The molecule has 2 amide bonds. The second-order valence-electron chi connectivity index (χ2n) is 8.18. The van der Waals surface area contributed by atoms with Gasteiger partial charge in [-0.25, -0.2) is 8.42 Å². The molecule has 2 aromatic rings. The van der Waals surface area contributed by atoms with Crippen molar-refractivity contribution in [2.75, 3.05) is 13.1 Å². The molecule has 31 heavy (non-hydrogen) atoms. The molecular weight excluding hydrogens is 440 g/mol. The maximum Gasteiger partial charge on any atom is 0.289 e. The number of carbonyl (C=O) groups excluding carboxylic acids is 2. The molecule has 166 valence electrons. The van der Waals surface area contributed by atoms with Gasteiger partial charge in [0, 0.05) is 24.2 Å². The van der Waals surface area contributed by atoms with Gasteiger partial charge in [0.15, 0.2) is 20.3 Å². The number of likely N-dealkylation sites (tertiary alicyclic amines) is 1. The second-order valence-corrected chi connectivity index (χ2v) is 10.9. The van der Waals surface area contributed by atoms with Crippen molar-refractivity contribution < 1.29 is 22.4 Å². The highest BCUT2D eigenvalue weighted by Crippen LogP contribution is 2.41. The Bertz CT molecular complexity index is 1040. The van der Waals surface area contributed by atoms with Crippen LogP contribution >= 0.6 is 11.6 Å². The number of nitrogens with one attached hydrogen (secondary N) is 1. The van der Waals surface area contributed by atoms with Crippen LogP contribution in [0.4, 0.5) is 0 Å². The quantitative estimate of drug-likeness (QED) is 0.731. The van der Waals surface area contributed by atoms with E-state index in [0.717, 1.165) is 0 Å². The fraction of sp³-hybridized carbons (Fsp3) is 0.455. The van der Waals surface area contributed by atoms with E-state index in [1.165, 1.54) is 30.5 Å². The standard InChI is InChI=1S/C22H25ClN2O5S/c23-16-5-7-18(8-6-16)31(28,29)22(11-1-2-12-22)21(27)24-17-9-13-25(14-10-17)20(26)19-4-3-15-30-19/h3-8,15,17H,1-2,9-14H2,(H,24,27). The van der Waals surface area contributed by atoms with E-state index in [0.29, 0.717) is 62.4 Å². The van der Waals surface area contributed by atoms with Crippen molar-refractivity contribution in [3.05, 3.63) is 53.4 Å². The first-order valence-corrected chi connectivity index (χ1v) is 12.3. The number of nitrogens with zero attached hydrogens (tertiary/aromatic N) is 1. The molecule has 9 heteroatoms. The maximum atomic E-state index is 13.5. The molecule has 0 unspecified atom stereocenters. The number of piperidine rings is 1. The predicted octanol–water partition coefficient (Wildman–Crippen LogP) is 3.44. The van der Waals surface area contributed by atoms with E-state index in [2.05, 4.69) is 5.32 Å². The van der Waals surface area contributed by atoms with Crippen molar-refractivity contribution in [1.82, 2.24) is 10.2 Å². The molecule has 0 spiro atoms. The van der Waals surface area contributed by atoms with E-state index < -0.39 is 20.5 Å². The third-order valence-electron chi connectivity index (χ3n) is 6.31. The maximum absolute atomic E-state index is 13.5. The number of rotatable bonds is 5. The molecule has 1 N–H and O–H groups in total. The first-order chi connectivity index (χ1) is 14.8. The van der Waals surface area contributed by atoms with Crippen LogP contribution in [0.3, 0.4) is 0 Å². The zero-order chi connectivity index (χ0) is 22.1. The largest absolute Gasteiger partial charge is 0.459 e. The molecule has 0 bridgehead atoms. The summed E-state index contributed by atoms with van der Waals surface area (Å²) in [6, 6.07) is 9.10. The van der Waals surface area contributed by atoms with Gasteiger partial charge < -0.3 is 14.6 Å². The molecule has 2 fully saturated rings. The van der Waals surface area contributed by atoms with Crippen molar-refractivity contribution in [2.45, 2.75) is 54.2 Å². The highest BCUT2D eigenvalue weighted by molar-refractivity contribution is 7.93. The smallest absolute Gasteiger partial charge is 0.289 e. The predicted molar refractivity (Wildman–Crippen MR) is 116 cm³/mol.